The van der Waals surface area contributed by atoms with Gasteiger partial charge in [-0.2, -0.15) is 0 Å². The number of hydrogen-bond acceptors (Lipinski definition) is 5. The molecule has 1 rings (SSSR count). The van der Waals surface area contributed by atoms with Crippen LogP contribution in [0.5, 0.6) is 0 Å². The summed E-state index contributed by atoms with van der Waals surface area (Å²) in [6, 6.07) is 1.60. The minimum Gasteiger partial charge on any atom is -0.478 e. The second kappa shape index (κ2) is 5.04. The van der Waals surface area contributed by atoms with Gasteiger partial charge in [-0.3, -0.25) is 20.2 Å². The summed E-state index contributed by atoms with van der Waals surface area (Å²) in [6.07, 6.45) is 1.18. The number of rotatable bonds is 5. The minimum atomic E-state index is -1.47. The summed E-state index contributed by atoms with van der Waals surface area (Å²) >= 11 is 0. The molecule has 94 valence electrons. The van der Waals surface area contributed by atoms with E-state index >= 15 is 0 Å². The fourth-order valence-electron chi connectivity index (χ4n) is 1.44. The van der Waals surface area contributed by atoms with Gasteiger partial charge in [-0.25, -0.2) is 4.79 Å². The first-order valence-corrected chi connectivity index (χ1v) is 4.68. The fraction of sp³-hybridized carbons (Fsp3) is 0.100. The highest BCUT2D eigenvalue weighted by atomic mass is 16.6. The van der Waals surface area contributed by atoms with E-state index < -0.39 is 32.8 Å². The van der Waals surface area contributed by atoms with E-state index in [1.807, 2.05) is 0 Å². The molecule has 0 aromatic heterocycles. The highest BCUT2D eigenvalue weighted by molar-refractivity contribution is 5.90. The predicted octanol–water partition coefficient (Wildman–Crippen LogP) is 1.93. The molecule has 0 heterocycles. The van der Waals surface area contributed by atoms with Crippen LogP contribution in [0.3, 0.4) is 0 Å². The number of nitro groups is 2. The van der Waals surface area contributed by atoms with E-state index in [0.717, 1.165) is 12.1 Å². The quantitative estimate of drug-likeness (QED) is 0.485. The third kappa shape index (κ3) is 2.48. The van der Waals surface area contributed by atoms with Gasteiger partial charge in [0, 0.05) is 18.6 Å². The summed E-state index contributed by atoms with van der Waals surface area (Å²) < 4.78 is 0. The molecular weight excluding hydrogens is 244 g/mol. The van der Waals surface area contributed by atoms with Gasteiger partial charge in [-0.1, -0.05) is 6.08 Å². The molecule has 0 unspecified atom stereocenters. The summed E-state index contributed by atoms with van der Waals surface area (Å²) in [5.74, 6) is -1.47. The average Bonchev–Trinajstić information content (AvgIpc) is 2.28. The van der Waals surface area contributed by atoms with Crippen LogP contribution in [0, 0.1) is 20.2 Å². The molecular formula is C10H8N2O6. The van der Waals surface area contributed by atoms with Crippen LogP contribution in [-0.4, -0.2) is 20.9 Å². The Morgan fingerprint density at radius 1 is 1.28 bits per heavy atom. The van der Waals surface area contributed by atoms with Crippen molar-refractivity contribution in [2.75, 3.05) is 0 Å². The van der Waals surface area contributed by atoms with Gasteiger partial charge in [0.15, 0.2) is 0 Å². The van der Waals surface area contributed by atoms with Crippen molar-refractivity contribution in [3.8, 4) is 0 Å². The van der Waals surface area contributed by atoms with E-state index in [2.05, 4.69) is 6.58 Å². The lowest BCUT2D eigenvalue weighted by Gasteiger charge is -2.03. The zero-order valence-electron chi connectivity index (χ0n) is 9.03. The molecule has 0 fully saturated rings. The average molecular weight is 252 g/mol. The van der Waals surface area contributed by atoms with Crippen molar-refractivity contribution in [3.63, 3.8) is 0 Å². The van der Waals surface area contributed by atoms with E-state index in [9.17, 15) is 25.0 Å². The lowest BCUT2D eigenvalue weighted by Crippen LogP contribution is -2.05. The Kier molecular flexibility index (Phi) is 3.72. The van der Waals surface area contributed by atoms with E-state index in [4.69, 9.17) is 5.11 Å². The molecule has 0 saturated heterocycles. The number of nitrogens with zero attached hydrogens (tertiary/aromatic N) is 2. The molecule has 1 aromatic carbocycles. The van der Waals surface area contributed by atoms with Crippen molar-refractivity contribution in [1.82, 2.24) is 0 Å². The van der Waals surface area contributed by atoms with Gasteiger partial charge in [0.25, 0.3) is 11.4 Å². The molecule has 0 aliphatic carbocycles. The van der Waals surface area contributed by atoms with E-state index in [0.29, 0.717) is 0 Å². The minimum absolute atomic E-state index is 0.0907. The molecule has 0 aliphatic heterocycles. The number of allylic oxidation sites excluding steroid dienone is 1. The number of aromatic carboxylic acids is 1. The number of hydrogen-bond donors (Lipinski definition) is 1. The zero-order chi connectivity index (χ0) is 13.9. The molecule has 0 bridgehead atoms. The molecule has 0 spiro atoms. The van der Waals surface area contributed by atoms with Gasteiger partial charge >= 0.3 is 5.97 Å². The van der Waals surface area contributed by atoms with Crippen LogP contribution < -0.4 is 0 Å². The lowest BCUT2D eigenvalue weighted by atomic mass is 10.0. The molecule has 1 aromatic rings. The van der Waals surface area contributed by atoms with Crippen molar-refractivity contribution in [2.45, 2.75) is 6.42 Å². The standard InChI is InChI=1S/C10H8N2O6/c1-2-3-7-8(11(15)16)4-6(10(13)14)5-9(7)12(17)18/h2,4-5H,1,3H2,(H,13,14). The maximum absolute atomic E-state index is 10.8. The Morgan fingerprint density at radius 2 is 1.72 bits per heavy atom. The first-order chi connectivity index (χ1) is 8.38. The Balaban J connectivity index is 3.64. The molecule has 0 saturated carbocycles. The normalized spacial score (nSPS) is 9.78. The van der Waals surface area contributed by atoms with Gasteiger partial charge in [-0.15, -0.1) is 6.58 Å². The largest absolute Gasteiger partial charge is 0.478 e. The number of carboxylic acid groups (broad SMARTS) is 1. The SMILES string of the molecule is C=CCc1c([N+](=O)[O-])cc(C(=O)O)cc1[N+](=O)[O-]. The van der Waals surface area contributed by atoms with Crippen molar-refractivity contribution in [3.05, 3.63) is 56.1 Å². The van der Waals surface area contributed by atoms with E-state index in [1.165, 1.54) is 6.08 Å². The topological polar surface area (TPSA) is 124 Å². The van der Waals surface area contributed by atoms with Gasteiger partial charge in [0.1, 0.15) is 5.56 Å². The monoisotopic (exact) mass is 252 g/mol. The number of nitro benzene ring substituents is 2. The number of carbonyl (C=O) groups is 1. The van der Waals surface area contributed by atoms with Crippen LogP contribution in [0.2, 0.25) is 0 Å². The molecule has 0 aliphatic rings. The maximum Gasteiger partial charge on any atom is 0.336 e. The van der Waals surface area contributed by atoms with Crippen molar-refractivity contribution >= 4 is 17.3 Å². The van der Waals surface area contributed by atoms with Crippen LogP contribution in [0.25, 0.3) is 0 Å². The summed E-state index contributed by atoms with van der Waals surface area (Å²) in [5.41, 5.74) is -1.85. The molecule has 8 heteroatoms. The summed E-state index contributed by atoms with van der Waals surface area (Å²) in [4.78, 5) is 30.7. The van der Waals surface area contributed by atoms with Gasteiger partial charge in [0.05, 0.1) is 15.4 Å². The summed E-state index contributed by atoms with van der Waals surface area (Å²) in [5, 5.41) is 30.4. The Labute approximate surface area is 100 Å². The Morgan fingerprint density at radius 3 is 2.00 bits per heavy atom. The number of carboxylic acids is 1. The Hall–Kier alpha value is -2.77. The summed E-state index contributed by atoms with van der Waals surface area (Å²) in [6.45, 7) is 3.35. The predicted molar refractivity (Wildman–Crippen MR) is 60.6 cm³/mol. The maximum atomic E-state index is 10.8. The molecule has 0 radical (unpaired) electrons. The zero-order valence-corrected chi connectivity index (χ0v) is 9.03. The first-order valence-electron chi connectivity index (χ1n) is 4.68. The molecule has 1 N–H and O–H groups in total. The highest BCUT2D eigenvalue weighted by Crippen LogP contribution is 2.31. The van der Waals surface area contributed by atoms with Crippen LogP contribution in [0.15, 0.2) is 24.8 Å². The lowest BCUT2D eigenvalue weighted by molar-refractivity contribution is -0.395. The fourth-order valence-corrected chi connectivity index (χ4v) is 1.44. The van der Waals surface area contributed by atoms with Gasteiger partial charge in [-0.05, 0) is 0 Å². The van der Waals surface area contributed by atoms with Crippen LogP contribution in [-0.2, 0) is 6.42 Å². The van der Waals surface area contributed by atoms with Crippen molar-refractivity contribution in [2.24, 2.45) is 0 Å². The molecule has 0 atom stereocenters. The Bertz CT molecular complexity index is 516. The van der Waals surface area contributed by atoms with Crippen LogP contribution >= 0.6 is 0 Å². The van der Waals surface area contributed by atoms with E-state index in [-0.39, 0.29) is 12.0 Å². The van der Waals surface area contributed by atoms with Gasteiger partial charge in [0.2, 0.25) is 0 Å². The van der Waals surface area contributed by atoms with Crippen LogP contribution in [0.4, 0.5) is 11.4 Å². The highest BCUT2D eigenvalue weighted by Gasteiger charge is 2.27. The first kappa shape index (κ1) is 13.3. The second-order valence-electron chi connectivity index (χ2n) is 3.31. The number of benzene rings is 1. The van der Waals surface area contributed by atoms with Gasteiger partial charge < -0.3 is 5.11 Å². The van der Waals surface area contributed by atoms with Crippen LogP contribution in [0.1, 0.15) is 15.9 Å². The second-order valence-corrected chi connectivity index (χ2v) is 3.31. The summed E-state index contributed by atoms with van der Waals surface area (Å²) in [7, 11) is 0. The van der Waals surface area contributed by atoms with E-state index in [1.54, 1.807) is 0 Å². The van der Waals surface area contributed by atoms with Crippen molar-refractivity contribution in [1.29, 1.82) is 0 Å². The van der Waals surface area contributed by atoms with Crippen molar-refractivity contribution < 1.29 is 19.7 Å². The third-order valence-electron chi connectivity index (χ3n) is 2.19. The smallest absolute Gasteiger partial charge is 0.336 e. The third-order valence-corrected chi connectivity index (χ3v) is 2.19. The molecule has 8 nitrogen and oxygen atoms in total. The molecule has 18 heavy (non-hydrogen) atoms. The molecule has 0 amide bonds.